The number of hydrogen-bond donors (Lipinski definition) is 1. The van der Waals surface area contributed by atoms with Gasteiger partial charge in [0.05, 0.1) is 11.4 Å². The third kappa shape index (κ3) is 3.30. The molecule has 0 atom stereocenters. The van der Waals surface area contributed by atoms with Crippen LogP contribution in [-0.2, 0) is 6.54 Å². The second kappa shape index (κ2) is 5.38. The minimum Gasteiger partial charge on any atom is -0.378 e. The van der Waals surface area contributed by atoms with E-state index in [4.69, 9.17) is 0 Å². The molecule has 0 amide bonds. The Morgan fingerprint density at radius 1 is 1.21 bits per heavy atom. The van der Waals surface area contributed by atoms with Gasteiger partial charge in [0.25, 0.3) is 0 Å². The molecule has 1 aromatic carbocycles. The highest BCUT2D eigenvalue weighted by atomic mass is 19.1. The smallest absolute Gasteiger partial charge is 0.126 e. The second-order valence-corrected chi connectivity index (χ2v) is 4.83. The fourth-order valence-corrected chi connectivity index (χ4v) is 1.83. The van der Waals surface area contributed by atoms with Crippen molar-refractivity contribution in [3.8, 4) is 0 Å². The maximum absolute atomic E-state index is 13.1. The lowest BCUT2D eigenvalue weighted by atomic mass is 10.2. The summed E-state index contributed by atoms with van der Waals surface area (Å²) in [5.41, 5.74) is 2.30. The van der Waals surface area contributed by atoms with Crippen molar-refractivity contribution in [3.63, 3.8) is 0 Å². The van der Waals surface area contributed by atoms with Crippen LogP contribution in [0.3, 0.4) is 0 Å². The predicted molar refractivity (Wildman–Crippen MR) is 71.0 cm³/mol. The van der Waals surface area contributed by atoms with E-state index in [1.165, 1.54) is 12.1 Å². The third-order valence-corrected chi connectivity index (χ3v) is 2.85. The molecular formula is C14H17F2N3. The summed E-state index contributed by atoms with van der Waals surface area (Å²) in [6.45, 7) is 6.34. The number of hydrogen-bond acceptors (Lipinski definition) is 2. The molecule has 102 valence electrons. The normalized spacial score (nSPS) is 11.1. The summed E-state index contributed by atoms with van der Waals surface area (Å²) in [5, 5.41) is 7.51. The van der Waals surface area contributed by atoms with Gasteiger partial charge in [-0.25, -0.2) is 8.78 Å². The van der Waals surface area contributed by atoms with Crippen LogP contribution in [0, 0.1) is 18.6 Å². The lowest BCUT2D eigenvalue weighted by molar-refractivity contribution is 0.529. The van der Waals surface area contributed by atoms with Crippen LogP contribution in [0.25, 0.3) is 0 Å². The Bertz CT molecular complexity index is 556. The molecule has 0 fully saturated rings. The molecule has 5 heteroatoms. The Kier molecular flexibility index (Phi) is 3.83. The summed E-state index contributed by atoms with van der Waals surface area (Å²) >= 11 is 0. The van der Waals surface area contributed by atoms with Crippen LogP contribution in [0.1, 0.15) is 31.1 Å². The van der Waals surface area contributed by atoms with Crippen LogP contribution >= 0.6 is 0 Å². The number of aryl methyl sites for hydroxylation is 1. The number of aromatic nitrogens is 2. The van der Waals surface area contributed by atoms with Crippen molar-refractivity contribution >= 4 is 5.69 Å². The maximum Gasteiger partial charge on any atom is 0.126 e. The van der Waals surface area contributed by atoms with Gasteiger partial charge in [-0.3, -0.25) is 4.68 Å². The summed E-state index contributed by atoms with van der Waals surface area (Å²) in [4.78, 5) is 0. The van der Waals surface area contributed by atoms with Crippen LogP contribution in [0.2, 0.25) is 0 Å². The maximum atomic E-state index is 13.1. The van der Waals surface area contributed by atoms with Gasteiger partial charge in [0.1, 0.15) is 11.6 Å². The van der Waals surface area contributed by atoms with E-state index in [0.717, 1.165) is 17.4 Å². The molecule has 0 aliphatic heterocycles. The fourth-order valence-electron chi connectivity index (χ4n) is 1.83. The highest BCUT2D eigenvalue weighted by Crippen LogP contribution is 2.17. The molecule has 19 heavy (non-hydrogen) atoms. The van der Waals surface area contributed by atoms with Crippen molar-refractivity contribution in [1.82, 2.24) is 9.78 Å². The molecule has 1 heterocycles. The Hall–Kier alpha value is -1.91. The first-order valence-corrected chi connectivity index (χ1v) is 6.20. The largest absolute Gasteiger partial charge is 0.378 e. The van der Waals surface area contributed by atoms with Crippen molar-refractivity contribution < 1.29 is 8.78 Å². The van der Waals surface area contributed by atoms with E-state index in [0.29, 0.717) is 12.1 Å². The van der Waals surface area contributed by atoms with Gasteiger partial charge in [0.2, 0.25) is 0 Å². The van der Waals surface area contributed by atoms with Gasteiger partial charge in [0, 0.05) is 24.8 Å². The van der Waals surface area contributed by atoms with Crippen LogP contribution < -0.4 is 5.32 Å². The quantitative estimate of drug-likeness (QED) is 0.914. The molecule has 0 bridgehead atoms. The molecule has 0 radical (unpaired) electrons. The zero-order valence-corrected chi connectivity index (χ0v) is 11.2. The number of rotatable bonds is 4. The van der Waals surface area contributed by atoms with E-state index < -0.39 is 11.6 Å². The molecule has 1 N–H and O–H groups in total. The van der Waals surface area contributed by atoms with E-state index in [1.54, 1.807) is 0 Å². The number of nitrogens with one attached hydrogen (secondary N) is 1. The van der Waals surface area contributed by atoms with Crippen molar-refractivity contribution in [3.05, 3.63) is 47.3 Å². The number of anilines is 1. The highest BCUT2D eigenvalue weighted by Gasteiger charge is 2.07. The molecule has 1 aromatic heterocycles. The zero-order chi connectivity index (χ0) is 14.0. The van der Waals surface area contributed by atoms with E-state index in [2.05, 4.69) is 10.4 Å². The molecule has 3 nitrogen and oxygen atoms in total. The van der Waals surface area contributed by atoms with Crippen LogP contribution in [-0.4, -0.2) is 9.78 Å². The SMILES string of the molecule is Cc1nn(C(C)C)cc1NCc1cc(F)cc(F)c1. The van der Waals surface area contributed by atoms with Gasteiger partial charge in [-0.1, -0.05) is 0 Å². The van der Waals surface area contributed by atoms with Crippen molar-refractivity contribution in [2.24, 2.45) is 0 Å². The van der Waals surface area contributed by atoms with Gasteiger partial charge in [-0.05, 0) is 38.5 Å². The summed E-state index contributed by atoms with van der Waals surface area (Å²) in [6.07, 6.45) is 1.90. The van der Waals surface area contributed by atoms with E-state index in [-0.39, 0.29) is 6.04 Å². The van der Waals surface area contributed by atoms with Crippen molar-refractivity contribution in [2.75, 3.05) is 5.32 Å². The first-order valence-electron chi connectivity index (χ1n) is 6.20. The van der Waals surface area contributed by atoms with Gasteiger partial charge < -0.3 is 5.32 Å². The third-order valence-electron chi connectivity index (χ3n) is 2.85. The molecule has 2 aromatic rings. The van der Waals surface area contributed by atoms with Gasteiger partial charge >= 0.3 is 0 Å². The summed E-state index contributed by atoms with van der Waals surface area (Å²) in [7, 11) is 0. The Labute approximate surface area is 111 Å². The molecule has 0 unspecified atom stereocenters. The fraction of sp³-hybridized carbons (Fsp3) is 0.357. The first kappa shape index (κ1) is 13.5. The lowest BCUT2D eigenvalue weighted by Crippen LogP contribution is -2.01. The zero-order valence-electron chi connectivity index (χ0n) is 11.2. The Morgan fingerprint density at radius 3 is 2.37 bits per heavy atom. The first-order chi connectivity index (χ1) is 8.95. The second-order valence-electron chi connectivity index (χ2n) is 4.83. The number of nitrogens with zero attached hydrogens (tertiary/aromatic N) is 2. The van der Waals surface area contributed by atoms with E-state index in [9.17, 15) is 8.78 Å². The lowest BCUT2D eigenvalue weighted by Gasteiger charge is -2.06. The number of halogens is 2. The molecule has 0 aliphatic rings. The standard InChI is InChI=1S/C14H17F2N3/c1-9(2)19-8-14(10(3)18-19)17-7-11-4-12(15)6-13(16)5-11/h4-6,8-9,17H,7H2,1-3H3. The summed E-state index contributed by atoms with van der Waals surface area (Å²) in [6, 6.07) is 3.78. The van der Waals surface area contributed by atoms with Crippen molar-refractivity contribution in [1.29, 1.82) is 0 Å². The highest BCUT2D eigenvalue weighted by molar-refractivity contribution is 5.46. The van der Waals surface area contributed by atoms with Crippen LogP contribution in [0.4, 0.5) is 14.5 Å². The van der Waals surface area contributed by atoms with Crippen molar-refractivity contribution in [2.45, 2.75) is 33.4 Å². The van der Waals surface area contributed by atoms with E-state index in [1.807, 2.05) is 31.6 Å². The van der Waals surface area contributed by atoms with Gasteiger partial charge in [-0.15, -0.1) is 0 Å². The van der Waals surface area contributed by atoms with Crippen LogP contribution in [0.15, 0.2) is 24.4 Å². The molecule has 0 saturated carbocycles. The van der Waals surface area contributed by atoms with Gasteiger partial charge in [-0.2, -0.15) is 5.10 Å². The molecular weight excluding hydrogens is 248 g/mol. The molecule has 0 spiro atoms. The summed E-state index contributed by atoms with van der Waals surface area (Å²) < 4.78 is 28.0. The van der Waals surface area contributed by atoms with E-state index >= 15 is 0 Å². The molecule has 0 saturated heterocycles. The molecule has 0 aliphatic carbocycles. The minimum atomic E-state index is -0.564. The molecule has 2 rings (SSSR count). The van der Waals surface area contributed by atoms with Gasteiger partial charge in [0.15, 0.2) is 0 Å². The topological polar surface area (TPSA) is 29.9 Å². The average molecular weight is 265 g/mol. The predicted octanol–water partition coefficient (Wildman–Crippen LogP) is 3.66. The Balaban J connectivity index is 2.10. The summed E-state index contributed by atoms with van der Waals surface area (Å²) in [5.74, 6) is -1.13. The van der Waals surface area contributed by atoms with Crippen LogP contribution in [0.5, 0.6) is 0 Å². The average Bonchev–Trinajstić information content (AvgIpc) is 2.67. The number of benzene rings is 1. The minimum absolute atomic E-state index is 0.279. The Morgan fingerprint density at radius 2 is 1.84 bits per heavy atom. The monoisotopic (exact) mass is 265 g/mol.